The lowest BCUT2D eigenvalue weighted by Crippen LogP contribution is -2.19. The molecule has 0 atom stereocenters. The van der Waals surface area contributed by atoms with Crippen LogP contribution in [0.3, 0.4) is 0 Å². The molecule has 0 radical (unpaired) electrons. The quantitative estimate of drug-likeness (QED) is 0.687. The van der Waals surface area contributed by atoms with Crippen molar-refractivity contribution in [2.24, 2.45) is 0 Å². The Balaban J connectivity index is 2.00. The van der Waals surface area contributed by atoms with Gasteiger partial charge in [0, 0.05) is 5.39 Å². The first kappa shape index (κ1) is 14.4. The van der Waals surface area contributed by atoms with E-state index in [1.165, 1.54) is 60.4 Å². The fourth-order valence-electron chi connectivity index (χ4n) is 3.58. The van der Waals surface area contributed by atoms with Gasteiger partial charge in [0.25, 0.3) is 0 Å². The summed E-state index contributed by atoms with van der Waals surface area (Å²) in [7, 11) is 0. The molecule has 1 fully saturated rings. The van der Waals surface area contributed by atoms with Crippen LogP contribution in [0.2, 0.25) is 0 Å². The van der Waals surface area contributed by atoms with Gasteiger partial charge in [0.05, 0.1) is 6.10 Å². The minimum absolute atomic E-state index is 0.415. The van der Waals surface area contributed by atoms with Gasteiger partial charge >= 0.3 is 0 Å². The molecule has 1 saturated carbocycles. The maximum Gasteiger partial charge on any atom is 0.127 e. The third-order valence-electron chi connectivity index (χ3n) is 4.69. The van der Waals surface area contributed by atoms with Crippen LogP contribution < -0.4 is 4.74 Å². The normalized spacial score (nSPS) is 16.3. The second kappa shape index (κ2) is 6.51. The predicted molar refractivity (Wildman–Crippen MR) is 90.2 cm³/mol. The molecule has 1 aliphatic carbocycles. The van der Waals surface area contributed by atoms with E-state index in [2.05, 4.69) is 44.2 Å². The first-order chi connectivity index (χ1) is 10.3. The van der Waals surface area contributed by atoms with E-state index in [4.69, 9.17) is 4.74 Å². The molecule has 1 nitrogen and oxygen atoms in total. The van der Waals surface area contributed by atoms with Gasteiger partial charge in [-0.3, -0.25) is 0 Å². The molecule has 0 aromatic heterocycles. The summed E-state index contributed by atoms with van der Waals surface area (Å²) in [5.74, 6) is 1.09. The highest BCUT2D eigenvalue weighted by atomic mass is 16.5. The molecule has 2 aromatic carbocycles. The van der Waals surface area contributed by atoms with E-state index in [9.17, 15) is 0 Å². The molecule has 0 heterocycles. The third kappa shape index (κ3) is 3.07. The molecule has 0 amide bonds. The van der Waals surface area contributed by atoms with E-state index in [0.717, 1.165) is 12.2 Å². The van der Waals surface area contributed by atoms with E-state index in [1.54, 1.807) is 0 Å². The number of benzene rings is 2. The van der Waals surface area contributed by atoms with Crippen molar-refractivity contribution in [1.82, 2.24) is 0 Å². The summed E-state index contributed by atoms with van der Waals surface area (Å²) < 4.78 is 6.38. The lowest BCUT2D eigenvalue weighted by molar-refractivity contribution is 0.157. The van der Waals surface area contributed by atoms with Gasteiger partial charge in [0.2, 0.25) is 0 Å². The van der Waals surface area contributed by atoms with Crippen molar-refractivity contribution in [3.05, 3.63) is 41.5 Å². The van der Waals surface area contributed by atoms with Gasteiger partial charge in [0.1, 0.15) is 5.75 Å². The van der Waals surface area contributed by atoms with Crippen LogP contribution in [0.4, 0.5) is 0 Å². The van der Waals surface area contributed by atoms with E-state index in [1.807, 2.05) is 0 Å². The average Bonchev–Trinajstić information content (AvgIpc) is 2.52. The summed E-state index contributed by atoms with van der Waals surface area (Å²) in [6, 6.07) is 11.0. The zero-order chi connectivity index (χ0) is 14.7. The molecule has 0 spiro atoms. The third-order valence-corrected chi connectivity index (χ3v) is 4.69. The summed E-state index contributed by atoms with van der Waals surface area (Å²) in [4.78, 5) is 0. The molecule has 3 rings (SSSR count). The van der Waals surface area contributed by atoms with Crippen LogP contribution >= 0.6 is 0 Å². The molecule has 0 aliphatic heterocycles. The zero-order valence-electron chi connectivity index (χ0n) is 13.3. The van der Waals surface area contributed by atoms with Crippen LogP contribution in [0.1, 0.15) is 56.6 Å². The van der Waals surface area contributed by atoms with Crippen molar-refractivity contribution < 1.29 is 4.74 Å². The first-order valence-corrected chi connectivity index (χ1v) is 8.47. The number of ether oxygens (including phenoxy) is 1. The molecule has 0 unspecified atom stereocenters. The smallest absolute Gasteiger partial charge is 0.127 e. The highest BCUT2D eigenvalue weighted by molar-refractivity contribution is 5.92. The number of fused-ring (bicyclic) bond motifs is 1. The lowest BCUT2D eigenvalue weighted by atomic mass is 9.95. The first-order valence-electron chi connectivity index (χ1n) is 8.47. The van der Waals surface area contributed by atoms with E-state index in [0.29, 0.717) is 6.10 Å². The Labute approximate surface area is 128 Å². The Bertz CT molecular complexity index is 609. The van der Waals surface area contributed by atoms with Crippen molar-refractivity contribution in [1.29, 1.82) is 0 Å². The van der Waals surface area contributed by atoms with Gasteiger partial charge in [-0.15, -0.1) is 0 Å². The molecule has 2 aromatic rings. The van der Waals surface area contributed by atoms with Crippen LogP contribution in [0, 0.1) is 6.92 Å². The van der Waals surface area contributed by atoms with Gasteiger partial charge in [-0.1, -0.05) is 44.0 Å². The van der Waals surface area contributed by atoms with Crippen molar-refractivity contribution in [2.45, 2.75) is 64.9 Å². The van der Waals surface area contributed by atoms with Crippen molar-refractivity contribution >= 4 is 10.8 Å². The van der Waals surface area contributed by atoms with Crippen LogP contribution in [-0.4, -0.2) is 6.10 Å². The summed E-state index contributed by atoms with van der Waals surface area (Å²) >= 11 is 0. The number of rotatable bonds is 4. The summed E-state index contributed by atoms with van der Waals surface area (Å²) in [5.41, 5.74) is 2.87. The SMILES string of the molecule is CCCc1c(C)cc(OC2CCCCC2)c2ccccc12. The maximum atomic E-state index is 6.38. The van der Waals surface area contributed by atoms with Crippen molar-refractivity contribution in [3.63, 3.8) is 0 Å². The summed E-state index contributed by atoms with van der Waals surface area (Å²) in [5, 5.41) is 2.67. The Morgan fingerprint density at radius 1 is 1.05 bits per heavy atom. The molecule has 112 valence electrons. The monoisotopic (exact) mass is 282 g/mol. The van der Waals surface area contributed by atoms with E-state index < -0.39 is 0 Å². The molecular weight excluding hydrogens is 256 g/mol. The van der Waals surface area contributed by atoms with Crippen LogP contribution in [-0.2, 0) is 6.42 Å². The second-order valence-electron chi connectivity index (χ2n) is 6.34. The highest BCUT2D eigenvalue weighted by Crippen LogP contribution is 2.34. The zero-order valence-corrected chi connectivity index (χ0v) is 13.3. The Hall–Kier alpha value is -1.50. The highest BCUT2D eigenvalue weighted by Gasteiger charge is 2.17. The van der Waals surface area contributed by atoms with Crippen molar-refractivity contribution in [2.75, 3.05) is 0 Å². The largest absolute Gasteiger partial charge is 0.490 e. The molecule has 0 bridgehead atoms. The average molecular weight is 282 g/mol. The van der Waals surface area contributed by atoms with Crippen molar-refractivity contribution in [3.8, 4) is 5.75 Å². The predicted octanol–water partition coefficient (Wildman–Crippen LogP) is 5.81. The molecule has 1 aliphatic rings. The molecular formula is C20H26O. The molecule has 1 heteroatoms. The number of hydrogen-bond acceptors (Lipinski definition) is 1. The lowest BCUT2D eigenvalue weighted by Gasteiger charge is -2.24. The minimum Gasteiger partial charge on any atom is -0.490 e. The summed E-state index contributed by atoms with van der Waals surface area (Å²) in [6.07, 6.45) is 9.18. The summed E-state index contributed by atoms with van der Waals surface area (Å²) in [6.45, 7) is 4.48. The fraction of sp³-hybridized carbons (Fsp3) is 0.500. The van der Waals surface area contributed by atoms with Crippen LogP contribution in [0.5, 0.6) is 5.75 Å². The van der Waals surface area contributed by atoms with Gasteiger partial charge in [0.15, 0.2) is 0 Å². The molecule has 21 heavy (non-hydrogen) atoms. The maximum absolute atomic E-state index is 6.38. The molecule has 0 N–H and O–H groups in total. The molecule has 0 saturated heterocycles. The fourth-order valence-corrected chi connectivity index (χ4v) is 3.58. The van der Waals surface area contributed by atoms with Gasteiger partial charge in [-0.05, 0) is 61.6 Å². The Morgan fingerprint density at radius 3 is 2.48 bits per heavy atom. The number of aryl methyl sites for hydroxylation is 2. The van der Waals surface area contributed by atoms with Crippen LogP contribution in [0.25, 0.3) is 10.8 Å². The van der Waals surface area contributed by atoms with E-state index in [-0.39, 0.29) is 0 Å². The van der Waals surface area contributed by atoms with Gasteiger partial charge in [-0.25, -0.2) is 0 Å². The number of hydrogen-bond donors (Lipinski definition) is 0. The Kier molecular flexibility index (Phi) is 4.48. The minimum atomic E-state index is 0.415. The topological polar surface area (TPSA) is 9.23 Å². The second-order valence-corrected chi connectivity index (χ2v) is 6.34. The van der Waals surface area contributed by atoms with Gasteiger partial charge in [-0.2, -0.15) is 0 Å². The Morgan fingerprint density at radius 2 is 1.76 bits per heavy atom. The van der Waals surface area contributed by atoms with Crippen LogP contribution in [0.15, 0.2) is 30.3 Å². The van der Waals surface area contributed by atoms with Gasteiger partial charge < -0.3 is 4.74 Å². The van der Waals surface area contributed by atoms with E-state index >= 15 is 0 Å². The standard InChI is InChI=1S/C20H26O/c1-3-9-17-15(2)14-20(19-13-8-7-12-18(17)19)21-16-10-5-4-6-11-16/h7-8,12-14,16H,3-6,9-11H2,1-2H3.